The summed E-state index contributed by atoms with van der Waals surface area (Å²) in [5.74, 6) is 0.423. The van der Waals surface area contributed by atoms with Gasteiger partial charge in [0.25, 0.3) is 11.8 Å². The topological polar surface area (TPSA) is 77.0 Å². The minimum absolute atomic E-state index is 0.224. The Morgan fingerprint density at radius 1 is 1.29 bits per heavy atom. The Balaban J connectivity index is 1.83. The second-order valence-corrected chi connectivity index (χ2v) is 8.79. The summed E-state index contributed by atoms with van der Waals surface area (Å²) in [4.78, 5) is 29.1. The number of amides is 2. The Morgan fingerprint density at radius 2 is 2.03 bits per heavy atom. The summed E-state index contributed by atoms with van der Waals surface area (Å²) < 4.78 is 12.2. The van der Waals surface area contributed by atoms with Crippen molar-refractivity contribution in [3.8, 4) is 11.5 Å². The molecule has 0 spiro atoms. The summed E-state index contributed by atoms with van der Waals surface area (Å²) in [5.41, 5.74) is 1.15. The molecule has 0 bridgehead atoms. The molecule has 3 rings (SSSR count). The molecule has 9 heteroatoms. The number of aliphatic imine (C=N–C) groups is 1. The van der Waals surface area contributed by atoms with E-state index in [1.165, 1.54) is 0 Å². The van der Waals surface area contributed by atoms with Crippen molar-refractivity contribution < 1.29 is 19.1 Å². The second kappa shape index (κ2) is 10.8. The van der Waals surface area contributed by atoms with Gasteiger partial charge in [-0.2, -0.15) is 4.99 Å². The first-order chi connectivity index (χ1) is 14.9. The van der Waals surface area contributed by atoms with Crippen molar-refractivity contribution in [3.05, 3.63) is 73.7 Å². The highest BCUT2D eigenvalue weighted by molar-refractivity contribution is 14.1. The van der Waals surface area contributed by atoms with E-state index < -0.39 is 5.91 Å². The zero-order chi connectivity index (χ0) is 22.4. The summed E-state index contributed by atoms with van der Waals surface area (Å²) >= 11 is 9.10. The summed E-state index contributed by atoms with van der Waals surface area (Å²) in [6.07, 6.45) is 3.38. The van der Waals surface area contributed by atoms with E-state index >= 15 is 0 Å². The maximum absolute atomic E-state index is 12.4. The lowest BCUT2D eigenvalue weighted by Gasteiger charge is -2.13. The Labute approximate surface area is 202 Å². The Morgan fingerprint density at radius 3 is 2.71 bits per heavy atom. The van der Waals surface area contributed by atoms with E-state index in [9.17, 15) is 9.59 Å². The Kier molecular flexibility index (Phi) is 8.16. The molecule has 1 fully saturated rings. The van der Waals surface area contributed by atoms with Gasteiger partial charge in [-0.15, -0.1) is 0 Å². The van der Waals surface area contributed by atoms with Crippen LogP contribution in [0.25, 0.3) is 6.08 Å². The summed E-state index contributed by atoms with van der Waals surface area (Å²) in [6, 6.07) is 10.1. The van der Waals surface area contributed by atoms with Gasteiger partial charge in [-0.3, -0.25) is 9.59 Å². The van der Waals surface area contributed by atoms with Gasteiger partial charge in [-0.05, 0) is 89.3 Å². The first-order valence-electron chi connectivity index (χ1n) is 9.20. The number of nitrogens with zero attached hydrogens (tertiary/aromatic N) is 1. The van der Waals surface area contributed by atoms with E-state index in [0.717, 1.165) is 20.9 Å². The molecule has 1 N–H and O–H groups in total. The lowest BCUT2D eigenvalue weighted by Crippen LogP contribution is -2.20. The molecular weight excluding hydrogens is 551 g/mol. The summed E-state index contributed by atoms with van der Waals surface area (Å²) in [7, 11) is 0. The predicted octanol–water partition coefficient (Wildman–Crippen LogP) is 5.31. The molecule has 31 heavy (non-hydrogen) atoms. The van der Waals surface area contributed by atoms with Crippen molar-refractivity contribution in [1.29, 1.82) is 0 Å². The molecule has 2 amide bonds. The molecule has 160 valence electrons. The van der Waals surface area contributed by atoms with Gasteiger partial charge in [0.15, 0.2) is 16.7 Å². The fourth-order valence-corrected chi connectivity index (χ4v) is 4.32. The normalized spacial score (nSPS) is 15.8. The third-order valence-electron chi connectivity index (χ3n) is 3.92. The van der Waals surface area contributed by atoms with E-state index in [-0.39, 0.29) is 11.1 Å². The predicted molar refractivity (Wildman–Crippen MR) is 133 cm³/mol. The molecular formula is C22H18ClIN2O4S. The van der Waals surface area contributed by atoms with Crippen LogP contribution in [-0.4, -0.2) is 30.2 Å². The minimum Gasteiger partial charge on any atom is -0.490 e. The molecule has 2 aromatic carbocycles. The molecule has 0 saturated carbocycles. The van der Waals surface area contributed by atoms with E-state index in [1.54, 1.807) is 42.5 Å². The monoisotopic (exact) mass is 568 g/mol. The third kappa shape index (κ3) is 6.11. The van der Waals surface area contributed by atoms with Gasteiger partial charge in [0.1, 0.15) is 6.61 Å². The van der Waals surface area contributed by atoms with Crippen molar-refractivity contribution in [2.75, 3.05) is 13.2 Å². The van der Waals surface area contributed by atoms with Crippen LogP contribution < -0.4 is 14.8 Å². The zero-order valence-electron chi connectivity index (χ0n) is 16.5. The standard InChI is InChI=1S/C22H18ClIN2O4S/c1-3-9-30-19-16(24)10-13(11-17(19)29-4-2)12-18-21(28)26-22(31-18)25-20(27)14-5-7-15(23)8-6-14/h3,5-8,10-12H,1,4,9H2,2H3,(H,25,26,27,28)/b18-12-. The van der Waals surface area contributed by atoms with Gasteiger partial charge < -0.3 is 14.8 Å². The van der Waals surface area contributed by atoms with Crippen LogP contribution in [0.3, 0.4) is 0 Å². The van der Waals surface area contributed by atoms with Gasteiger partial charge in [0.05, 0.1) is 15.1 Å². The highest BCUT2D eigenvalue weighted by atomic mass is 127. The maximum atomic E-state index is 12.4. The van der Waals surface area contributed by atoms with E-state index in [4.69, 9.17) is 21.1 Å². The van der Waals surface area contributed by atoms with Crippen LogP contribution in [0.15, 0.2) is 59.0 Å². The average Bonchev–Trinajstić information content (AvgIpc) is 3.06. The van der Waals surface area contributed by atoms with Crippen LogP contribution in [0.5, 0.6) is 11.5 Å². The van der Waals surface area contributed by atoms with Crippen LogP contribution in [0, 0.1) is 3.57 Å². The third-order valence-corrected chi connectivity index (χ3v) is 5.88. The molecule has 0 unspecified atom stereocenters. The summed E-state index contributed by atoms with van der Waals surface area (Å²) in [6.45, 7) is 6.37. The van der Waals surface area contributed by atoms with E-state index in [2.05, 4.69) is 39.5 Å². The van der Waals surface area contributed by atoms with Gasteiger partial charge in [0, 0.05) is 10.6 Å². The lowest BCUT2D eigenvalue weighted by atomic mass is 10.2. The first-order valence-corrected chi connectivity index (χ1v) is 11.5. The number of halogens is 2. The SMILES string of the molecule is C=CCOc1c(I)cc(/C=C2\SC(=NC(=O)c3ccc(Cl)cc3)NC2=O)cc1OCC. The van der Waals surface area contributed by atoms with Crippen LogP contribution in [-0.2, 0) is 4.79 Å². The molecule has 1 saturated heterocycles. The number of nitrogens with one attached hydrogen (secondary N) is 1. The molecule has 1 aliphatic rings. The van der Waals surface area contributed by atoms with Crippen LogP contribution in [0.2, 0.25) is 5.02 Å². The van der Waals surface area contributed by atoms with Gasteiger partial charge in [-0.1, -0.05) is 24.3 Å². The van der Waals surface area contributed by atoms with Crippen LogP contribution in [0.1, 0.15) is 22.8 Å². The Hall–Kier alpha value is -2.30. The first kappa shape index (κ1) is 23.4. The van der Waals surface area contributed by atoms with E-state index in [1.807, 2.05) is 13.0 Å². The van der Waals surface area contributed by atoms with Crippen LogP contribution in [0.4, 0.5) is 0 Å². The quantitative estimate of drug-likeness (QED) is 0.278. The maximum Gasteiger partial charge on any atom is 0.279 e. The van der Waals surface area contributed by atoms with Gasteiger partial charge >= 0.3 is 0 Å². The number of benzene rings is 2. The Bertz CT molecular complexity index is 1080. The molecule has 0 atom stereocenters. The fourth-order valence-electron chi connectivity index (χ4n) is 2.60. The molecule has 0 aromatic heterocycles. The molecule has 2 aromatic rings. The molecule has 6 nitrogen and oxygen atoms in total. The van der Waals surface area contributed by atoms with Gasteiger partial charge in [-0.25, -0.2) is 0 Å². The lowest BCUT2D eigenvalue weighted by molar-refractivity contribution is -0.115. The zero-order valence-corrected chi connectivity index (χ0v) is 20.2. The molecule has 1 aliphatic heterocycles. The van der Waals surface area contributed by atoms with Crippen molar-refractivity contribution in [3.63, 3.8) is 0 Å². The smallest absolute Gasteiger partial charge is 0.279 e. The van der Waals surface area contributed by atoms with Crippen molar-refractivity contribution in [2.45, 2.75) is 6.92 Å². The number of ether oxygens (including phenoxy) is 2. The number of thioether (sulfide) groups is 1. The summed E-state index contributed by atoms with van der Waals surface area (Å²) in [5, 5.41) is 3.37. The number of carbonyl (C=O) groups is 2. The highest BCUT2D eigenvalue weighted by Crippen LogP contribution is 2.36. The molecule has 0 aliphatic carbocycles. The molecule has 1 heterocycles. The van der Waals surface area contributed by atoms with Gasteiger partial charge in [0.2, 0.25) is 0 Å². The van der Waals surface area contributed by atoms with Crippen molar-refractivity contribution in [2.24, 2.45) is 4.99 Å². The highest BCUT2D eigenvalue weighted by Gasteiger charge is 2.25. The average molecular weight is 569 g/mol. The van der Waals surface area contributed by atoms with E-state index in [0.29, 0.717) is 40.2 Å². The minimum atomic E-state index is -0.461. The number of rotatable bonds is 7. The van der Waals surface area contributed by atoms with Crippen LogP contribution >= 0.6 is 46.0 Å². The number of carbonyl (C=O) groups excluding carboxylic acids is 2. The fraction of sp³-hybridized carbons (Fsp3) is 0.136. The largest absolute Gasteiger partial charge is 0.490 e. The van der Waals surface area contributed by atoms with Crippen molar-refractivity contribution in [1.82, 2.24) is 5.32 Å². The number of hydrogen-bond acceptors (Lipinski definition) is 5. The number of hydrogen-bond donors (Lipinski definition) is 1. The second-order valence-electron chi connectivity index (χ2n) is 6.16. The number of amidine groups is 1. The molecule has 0 radical (unpaired) electrons. The van der Waals surface area contributed by atoms with Crippen molar-refractivity contribution >= 4 is 69.0 Å².